The molecule has 0 spiro atoms. The Balaban J connectivity index is 1.20. The number of aryl methyl sites for hydroxylation is 2. The van der Waals surface area contributed by atoms with Gasteiger partial charge in [-0.25, -0.2) is 9.97 Å². The van der Waals surface area contributed by atoms with E-state index in [2.05, 4.69) is 31.2 Å². The van der Waals surface area contributed by atoms with Crippen LogP contribution in [0.3, 0.4) is 0 Å². The summed E-state index contributed by atoms with van der Waals surface area (Å²) in [4.78, 5) is 35.7. The fraction of sp³-hybridized carbons (Fsp3) is 0.200. The number of fused-ring (bicyclic) bond motifs is 6. The van der Waals surface area contributed by atoms with E-state index in [9.17, 15) is 9.59 Å². The number of nitrogens with one attached hydrogen (secondary N) is 4. The van der Waals surface area contributed by atoms with Crippen molar-refractivity contribution in [2.45, 2.75) is 32.4 Å². The molecule has 176 valence electrons. The van der Waals surface area contributed by atoms with Crippen LogP contribution in [-0.2, 0) is 0 Å². The van der Waals surface area contributed by atoms with Crippen LogP contribution in [0.5, 0.6) is 0 Å². The van der Waals surface area contributed by atoms with Crippen molar-refractivity contribution in [3.05, 3.63) is 80.8 Å². The van der Waals surface area contributed by atoms with Gasteiger partial charge in [0, 0.05) is 22.5 Å². The smallest absolute Gasteiger partial charge is 0.266 e. The summed E-state index contributed by atoms with van der Waals surface area (Å²) < 4.78 is 0. The number of hydrogen-bond donors (Lipinski definition) is 4. The fourth-order valence-electron chi connectivity index (χ4n) is 4.44. The number of pyridine rings is 2. The highest BCUT2D eigenvalue weighted by atomic mass is 32.1. The number of hydrogen-bond acceptors (Lipinski definition) is 8. The maximum atomic E-state index is 12.9. The van der Waals surface area contributed by atoms with Crippen LogP contribution in [0.15, 0.2) is 48.5 Å². The summed E-state index contributed by atoms with van der Waals surface area (Å²) in [7, 11) is 0. The monoisotopic (exact) mass is 502 g/mol. The largest absolute Gasteiger partial charge is 0.370 e. The molecular formula is C25H22N6O2S2. The molecule has 6 rings (SSSR count). The standard InChI is InChI=1S/C25H22N6O2S2/c1-12-5-3-7-20(26-12)30-22(32)18-9-14-16-11-17(28-24(14)34-18)15-10-19(35-25(15)29-16)23(33)31-21-8-4-6-13(2)27-21/h3-10,16-17,28-29H,11H2,1-2H3,(H,26,30,32)(H,27,31,33). The number of carbonyl (C=O) groups excluding carboxylic acids is 2. The number of rotatable bonds is 4. The highest BCUT2D eigenvalue weighted by molar-refractivity contribution is 7.19. The number of aromatic nitrogens is 2. The van der Waals surface area contributed by atoms with Gasteiger partial charge in [0.15, 0.2) is 0 Å². The van der Waals surface area contributed by atoms with E-state index < -0.39 is 0 Å². The number of thiophene rings is 2. The molecule has 6 heterocycles. The third-order valence-corrected chi connectivity index (χ3v) is 8.22. The summed E-state index contributed by atoms with van der Waals surface area (Å²) in [5.41, 5.74) is 3.84. The molecular weight excluding hydrogens is 480 g/mol. The van der Waals surface area contributed by atoms with Crippen molar-refractivity contribution in [2.24, 2.45) is 0 Å². The predicted octanol–water partition coefficient (Wildman–Crippen LogP) is 5.74. The van der Waals surface area contributed by atoms with Crippen molar-refractivity contribution < 1.29 is 9.59 Å². The molecule has 0 aliphatic carbocycles. The Morgan fingerprint density at radius 2 is 1.26 bits per heavy atom. The Morgan fingerprint density at radius 3 is 1.69 bits per heavy atom. The molecule has 8 nitrogen and oxygen atoms in total. The Hall–Kier alpha value is -3.76. The van der Waals surface area contributed by atoms with E-state index >= 15 is 0 Å². The molecule has 2 aliphatic heterocycles. The minimum Gasteiger partial charge on any atom is -0.370 e. The lowest BCUT2D eigenvalue weighted by Gasteiger charge is -2.36. The van der Waals surface area contributed by atoms with Crippen molar-refractivity contribution >= 4 is 56.1 Å². The van der Waals surface area contributed by atoms with Crippen LogP contribution < -0.4 is 21.3 Å². The van der Waals surface area contributed by atoms with Gasteiger partial charge >= 0.3 is 0 Å². The van der Waals surface area contributed by atoms with Gasteiger partial charge in [-0.3, -0.25) is 9.59 Å². The lowest BCUT2D eigenvalue weighted by atomic mass is 9.90. The first-order valence-corrected chi connectivity index (χ1v) is 12.9. The Morgan fingerprint density at radius 1 is 0.800 bits per heavy atom. The molecule has 2 amide bonds. The minimum absolute atomic E-state index is 0.0756. The van der Waals surface area contributed by atoms with Crippen LogP contribution in [0, 0.1) is 13.8 Å². The van der Waals surface area contributed by atoms with E-state index in [0.717, 1.165) is 38.9 Å². The summed E-state index contributed by atoms with van der Waals surface area (Å²) in [6.07, 6.45) is 0.842. The highest BCUT2D eigenvalue weighted by Gasteiger charge is 2.37. The van der Waals surface area contributed by atoms with E-state index in [-0.39, 0.29) is 23.9 Å². The molecule has 4 aromatic heterocycles. The molecule has 4 aromatic rings. The van der Waals surface area contributed by atoms with Crippen LogP contribution in [0.1, 0.15) is 60.4 Å². The molecule has 2 unspecified atom stereocenters. The average Bonchev–Trinajstić information content (AvgIpc) is 3.44. The molecule has 0 saturated carbocycles. The normalized spacial score (nSPS) is 17.4. The molecule has 0 radical (unpaired) electrons. The second kappa shape index (κ2) is 8.47. The summed E-state index contributed by atoms with van der Waals surface area (Å²) >= 11 is 2.88. The van der Waals surface area contributed by atoms with Gasteiger partial charge in [0.1, 0.15) is 11.6 Å². The van der Waals surface area contributed by atoms with Gasteiger partial charge in [0.25, 0.3) is 11.8 Å². The van der Waals surface area contributed by atoms with Crippen LogP contribution in [-0.4, -0.2) is 21.8 Å². The summed E-state index contributed by atoms with van der Waals surface area (Å²) in [5, 5.41) is 14.9. The number of amides is 2. The fourth-order valence-corrected chi connectivity index (χ4v) is 6.58. The molecule has 2 aliphatic rings. The molecule has 0 aromatic carbocycles. The van der Waals surface area contributed by atoms with E-state index in [1.807, 2.05) is 50.2 Å². The predicted molar refractivity (Wildman–Crippen MR) is 140 cm³/mol. The topological polar surface area (TPSA) is 108 Å². The van der Waals surface area contributed by atoms with Crippen LogP contribution in [0.4, 0.5) is 21.6 Å². The van der Waals surface area contributed by atoms with Crippen molar-refractivity contribution in [1.82, 2.24) is 9.97 Å². The zero-order valence-electron chi connectivity index (χ0n) is 19.0. The first-order valence-electron chi connectivity index (χ1n) is 11.2. The van der Waals surface area contributed by atoms with Gasteiger partial charge in [0.05, 0.1) is 31.8 Å². The van der Waals surface area contributed by atoms with Gasteiger partial charge in [-0.05, 0) is 56.7 Å². The van der Waals surface area contributed by atoms with E-state index in [1.54, 1.807) is 12.1 Å². The Labute approximate surface area is 209 Å². The number of carbonyl (C=O) groups is 2. The molecule has 2 atom stereocenters. The molecule has 4 N–H and O–H groups in total. The van der Waals surface area contributed by atoms with Gasteiger partial charge < -0.3 is 21.3 Å². The van der Waals surface area contributed by atoms with Crippen molar-refractivity contribution in [1.29, 1.82) is 0 Å². The van der Waals surface area contributed by atoms with Crippen molar-refractivity contribution in [3.63, 3.8) is 0 Å². The third-order valence-electron chi connectivity index (χ3n) is 6.06. The van der Waals surface area contributed by atoms with E-state index in [1.165, 1.54) is 22.7 Å². The zero-order chi connectivity index (χ0) is 24.1. The molecule has 0 fully saturated rings. The minimum atomic E-state index is -0.169. The van der Waals surface area contributed by atoms with Crippen molar-refractivity contribution in [3.8, 4) is 0 Å². The second-order valence-electron chi connectivity index (χ2n) is 8.66. The summed E-state index contributed by atoms with van der Waals surface area (Å²) in [6, 6.07) is 15.1. The molecule has 2 bridgehead atoms. The zero-order valence-corrected chi connectivity index (χ0v) is 20.6. The summed E-state index contributed by atoms with van der Waals surface area (Å²) in [5.74, 6) is 0.745. The van der Waals surface area contributed by atoms with E-state index in [4.69, 9.17) is 0 Å². The van der Waals surface area contributed by atoms with Gasteiger partial charge in [-0.15, -0.1) is 22.7 Å². The highest BCUT2D eigenvalue weighted by Crippen LogP contribution is 2.51. The first kappa shape index (κ1) is 21.8. The van der Waals surface area contributed by atoms with Crippen molar-refractivity contribution in [2.75, 3.05) is 21.3 Å². The lowest BCUT2D eigenvalue weighted by Crippen LogP contribution is -2.28. The lowest BCUT2D eigenvalue weighted by molar-refractivity contribution is 0.102. The first-order chi connectivity index (χ1) is 16.9. The Bertz CT molecular complexity index is 1370. The van der Waals surface area contributed by atoms with Crippen LogP contribution in [0.25, 0.3) is 0 Å². The van der Waals surface area contributed by atoms with Gasteiger partial charge in [-0.2, -0.15) is 0 Å². The van der Waals surface area contributed by atoms with Gasteiger partial charge in [0.2, 0.25) is 0 Å². The molecule has 35 heavy (non-hydrogen) atoms. The van der Waals surface area contributed by atoms with Gasteiger partial charge in [-0.1, -0.05) is 12.1 Å². The maximum absolute atomic E-state index is 12.9. The third kappa shape index (κ3) is 4.15. The van der Waals surface area contributed by atoms with E-state index in [0.29, 0.717) is 21.4 Å². The van der Waals surface area contributed by atoms with Crippen LogP contribution >= 0.6 is 22.7 Å². The number of nitrogens with zero attached hydrogens (tertiary/aromatic N) is 2. The number of anilines is 4. The second-order valence-corrected chi connectivity index (χ2v) is 10.8. The maximum Gasteiger partial charge on any atom is 0.266 e. The summed E-state index contributed by atoms with van der Waals surface area (Å²) in [6.45, 7) is 3.78. The quantitative estimate of drug-likeness (QED) is 0.283. The average molecular weight is 503 g/mol. The van der Waals surface area contributed by atoms with Crippen LogP contribution in [0.2, 0.25) is 0 Å². The molecule has 0 saturated heterocycles. The molecule has 10 heteroatoms. The Kier molecular flexibility index (Phi) is 5.27. The SMILES string of the molecule is Cc1cccc(NC(=O)c2cc3c(s2)NC2CC3Nc3sc(C(=O)Nc4cccc(C)n4)cc32)n1.